The molecule has 0 unspecified atom stereocenters. The molecule has 8 heteroatoms. The molecule has 2 aromatic rings. The SMILES string of the molecule is CCN(CC)C(=O)[C@@H](NC(=O)c1cccs1)C1CCN(C(=O)c2ccc(OC)cc2)CC1. The van der Waals surface area contributed by atoms with Crippen molar-refractivity contribution in [1.82, 2.24) is 15.1 Å². The van der Waals surface area contributed by atoms with Crippen LogP contribution in [0.3, 0.4) is 0 Å². The molecule has 0 aliphatic carbocycles. The van der Waals surface area contributed by atoms with E-state index in [2.05, 4.69) is 5.32 Å². The highest BCUT2D eigenvalue weighted by Gasteiger charge is 2.35. The minimum absolute atomic E-state index is 0.0214. The number of carbonyl (C=O) groups is 3. The Morgan fingerprint density at radius 3 is 2.31 bits per heavy atom. The first kappa shape index (κ1) is 23.8. The van der Waals surface area contributed by atoms with Crippen LogP contribution in [0.4, 0.5) is 0 Å². The lowest BCUT2D eigenvalue weighted by Gasteiger charge is -2.37. The molecule has 172 valence electrons. The van der Waals surface area contributed by atoms with Crippen molar-refractivity contribution in [3.63, 3.8) is 0 Å². The number of likely N-dealkylation sites (N-methyl/N-ethyl adjacent to an activating group) is 1. The Hall–Kier alpha value is -2.87. The summed E-state index contributed by atoms with van der Waals surface area (Å²) in [5.74, 6) is 0.383. The quantitative estimate of drug-likeness (QED) is 0.660. The van der Waals surface area contributed by atoms with E-state index in [1.807, 2.05) is 30.2 Å². The van der Waals surface area contributed by atoms with Gasteiger partial charge in [-0.15, -0.1) is 11.3 Å². The fourth-order valence-electron chi connectivity index (χ4n) is 4.09. The Bertz CT molecular complexity index is 902. The van der Waals surface area contributed by atoms with E-state index in [1.165, 1.54) is 11.3 Å². The van der Waals surface area contributed by atoms with E-state index in [4.69, 9.17) is 4.74 Å². The van der Waals surface area contributed by atoms with E-state index in [0.717, 1.165) is 0 Å². The summed E-state index contributed by atoms with van der Waals surface area (Å²) in [7, 11) is 1.59. The van der Waals surface area contributed by atoms with Crippen molar-refractivity contribution in [2.75, 3.05) is 33.3 Å². The summed E-state index contributed by atoms with van der Waals surface area (Å²) < 4.78 is 5.16. The Morgan fingerprint density at radius 2 is 1.78 bits per heavy atom. The number of rotatable bonds is 8. The second-order valence-electron chi connectivity index (χ2n) is 7.80. The van der Waals surface area contributed by atoms with Crippen LogP contribution in [0.15, 0.2) is 41.8 Å². The van der Waals surface area contributed by atoms with E-state index in [9.17, 15) is 14.4 Å². The average Bonchev–Trinajstić information content (AvgIpc) is 3.38. The van der Waals surface area contributed by atoms with Crippen LogP contribution in [0.5, 0.6) is 5.75 Å². The van der Waals surface area contributed by atoms with Gasteiger partial charge in [-0.05, 0) is 68.3 Å². The van der Waals surface area contributed by atoms with E-state index in [0.29, 0.717) is 55.2 Å². The minimum atomic E-state index is -0.595. The summed E-state index contributed by atoms with van der Waals surface area (Å²) in [4.78, 5) is 43.0. The van der Waals surface area contributed by atoms with Gasteiger partial charge in [0.15, 0.2) is 0 Å². The zero-order chi connectivity index (χ0) is 23.1. The smallest absolute Gasteiger partial charge is 0.262 e. The third kappa shape index (κ3) is 5.48. The lowest BCUT2D eigenvalue weighted by Crippen LogP contribution is -2.54. The largest absolute Gasteiger partial charge is 0.497 e. The van der Waals surface area contributed by atoms with Crippen LogP contribution in [0.1, 0.15) is 46.7 Å². The van der Waals surface area contributed by atoms with E-state index in [-0.39, 0.29) is 23.6 Å². The molecule has 1 aliphatic heterocycles. The molecule has 1 N–H and O–H groups in total. The molecule has 1 fully saturated rings. The third-order valence-electron chi connectivity index (χ3n) is 6.01. The van der Waals surface area contributed by atoms with Gasteiger partial charge >= 0.3 is 0 Å². The van der Waals surface area contributed by atoms with Crippen LogP contribution in [-0.2, 0) is 4.79 Å². The number of benzene rings is 1. The highest BCUT2D eigenvalue weighted by atomic mass is 32.1. The fraction of sp³-hybridized carbons (Fsp3) is 0.458. The number of nitrogens with zero attached hydrogens (tertiary/aromatic N) is 2. The third-order valence-corrected chi connectivity index (χ3v) is 6.88. The monoisotopic (exact) mass is 457 g/mol. The zero-order valence-electron chi connectivity index (χ0n) is 18.9. The number of nitrogens with one attached hydrogen (secondary N) is 1. The lowest BCUT2D eigenvalue weighted by atomic mass is 9.88. The number of piperidine rings is 1. The predicted octanol–water partition coefficient (Wildman–Crippen LogP) is 3.28. The van der Waals surface area contributed by atoms with Gasteiger partial charge in [0.25, 0.3) is 11.8 Å². The Balaban J connectivity index is 1.68. The second-order valence-corrected chi connectivity index (χ2v) is 8.74. The molecule has 1 atom stereocenters. The number of ether oxygens (including phenoxy) is 1. The van der Waals surface area contributed by atoms with Crippen molar-refractivity contribution in [3.8, 4) is 5.75 Å². The summed E-state index contributed by atoms with van der Waals surface area (Å²) in [6.07, 6.45) is 1.31. The normalized spacial score (nSPS) is 15.2. The predicted molar refractivity (Wildman–Crippen MR) is 125 cm³/mol. The molecule has 0 saturated carbocycles. The molecular formula is C24H31N3O4S. The molecule has 3 rings (SSSR count). The molecule has 0 bridgehead atoms. The molecule has 2 heterocycles. The molecule has 7 nitrogen and oxygen atoms in total. The van der Waals surface area contributed by atoms with Crippen molar-refractivity contribution >= 4 is 29.1 Å². The summed E-state index contributed by atoms with van der Waals surface area (Å²) in [6.45, 7) is 6.16. The summed E-state index contributed by atoms with van der Waals surface area (Å²) in [6, 6.07) is 10.1. The topological polar surface area (TPSA) is 79.0 Å². The molecule has 0 radical (unpaired) electrons. The second kappa shape index (κ2) is 11.1. The van der Waals surface area contributed by atoms with E-state index < -0.39 is 6.04 Å². The molecule has 1 aromatic carbocycles. The molecular weight excluding hydrogens is 426 g/mol. The number of thiophene rings is 1. The van der Waals surface area contributed by atoms with Gasteiger partial charge in [-0.25, -0.2) is 0 Å². The molecule has 1 saturated heterocycles. The number of hydrogen-bond donors (Lipinski definition) is 1. The molecule has 0 spiro atoms. The van der Waals surface area contributed by atoms with Gasteiger partial charge in [0.05, 0.1) is 12.0 Å². The van der Waals surface area contributed by atoms with Crippen LogP contribution >= 0.6 is 11.3 Å². The lowest BCUT2D eigenvalue weighted by molar-refractivity contribution is -0.134. The van der Waals surface area contributed by atoms with Gasteiger partial charge in [0, 0.05) is 31.7 Å². The van der Waals surface area contributed by atoms with Crippen LogP contribution in [0.25, 0.3) is 0 Å². The first-order chi connectivity index (χ1) is 15.5. The van der Waals surface area contributed by atoms with Gasteiger partial charge in [0.2, 0.25) is 5.91 Å². The number of amides is 3. The summed E-state index contributed by atoms with van der Waals surface area (Å²) in [5.41, 5.74) is 0.617. The van der Waals surface area contributed by atoms with Crippen LogP contribution in [-0.4, -0.2) is 66.9 Å². The molecule has 3 amide bonds. The highest BCUT2D eigenvalue weighted by molar-refractivity contribution is 7.12. The Kier molecular flexibility index (Phi) is 8.27. The first-order valence-corrected chi connectivity index (χ1v) is 11.9. The Morgan fingerprint density at radius 1 is 1.12 bits per heavy atom. The number of hydrogen-bond acceptors (Lipinski definition) is 5. The maximum atomic E-state index is 13.2. The van der Waals surface area contributed by atoms with Gasteiger partial charge in [-0.2, -0.15) is 0 Å². The van der Waals surface area contributed by atoms with Gasteiger partial charge < -0.3 is 19.9 Å². The van der Waals surface area contributed by atoms with Crippen LogP contribution < -0.4 is 10.1 Å². The number of methoxy groups -OCH3 is 1. The standard InChI is InChI=1S/C24H31N3O4S/c1-4-26(5-2)24(30)21(25-22(28)20-7-6-16-32-20)17-12-14-27(15-13-17)23(29)18-8-10-19(31-3)11-9-18/h6-11,16-17,21H,4-5,12-15H2,1-3H3,(H,25,28)/t21-/m0/s1. The van der Waals surface area contributed by atoms with Gasteiger partial charge in [-0.3, -0.25) is 14.4 Å². The van der Waals surface area contributed by atoms with Crippen molar-refractivity contribution in [2.45, 2.75) is 32.7 Å². The van der Waals surface area contributed by atoms with Gasteiger partial charge in [-0.1, -0.05) is 6.07 Å². The first-order valence-electron chi connectivity index (χ1n) is 11.0. The summed E-state index contributed by atoms with van der Waals surface area (Å²) in [5, 5.41) is 4.84. The maximum absolute atomic E-state index is 13.2. The van der Waals surface area contributed by atoms with Crippen molar-refractivity contribution in [2.24, 2.45) is 5.92 Å². The molecule has 32 heavy (non-hydrogen) atoms. The number of carbonyl (C=O) groups excluding carboxylic acids is 3. The van der Waals surface area contributed by atoms with Crippen molar-refractivity contribution < 1.29 is 19.1 Å². The molecule has 1 aromatic heterocycles. The van der Waals surface area contributed by atoms with Crippen LogP contribution in [0.2, 0.25) is 0 Å². The fourth-order valence-corrected chi connectivity index (χ4v) is 4.71. The Labute approximate surface area is 193 Å². The summed E-state index contributed by atoms with van der Waals surface area (Å²) >= 11 is 1.36. The maximum Gasteiger partial charge on any atom is 0.262 e. The van der Waals surface area contributed by atoms with Crippen LogP contribution in [0, 0.1) is 5.92 Å². The van der Waals surface area contributed by atoms with Crippen molar-refractivity contribution in [1.29, 1.82) is 0 Å². The van der Waals surface area contributed by atoms with Crippen molar-refractivity contribution in [3.05, 3.63) is 52.2 Å². The molecule has 1 aliphatic rings. The minimum Gasteiger partial charge on any atom is -0.497 e. The van der Waals surface area contributed by atoms with Gasteiger partial charge in [0.1, 0.15) is 11.8 Å². The van der Waals surface area contributed by atoms with E-state index >= 15 is 0 Å². The van der Waals surface area contributed by atoms with E-state index in [1.54, 1.807) is 42.3 Å². The number of likely N-dealkylation sites (tertiary alicyclic amines) is 1. The zero-order valence-corrected chi connectivity index (χ0v) is 19.7. The highest BCUT2D eigenvalue weighted by Crippen LogP contribution is 2.25. The average molecular weight is 458 g/mol.